The average molecular weight is 404 g/mol. The summed E-state index contributed by atoms with van der Waals surface area (Å²) in [5, 5.41) is 15.4. The van der Waals surface area contributed by atoms with E-state index in [2.05, 4.69) is 22.2 Å². The van der Waals surface area contributed by atoms with E-state index in [-0.39, 0.29) is 30.7 Å². The molecule has 0 aliphatic heterocycles. The summed E-state index contributed by atoms with van der Waals surface area (Å²) in [5.74, 6) is 0.237. The molecule has 0 aliphatic rings. The van der Waals surface area contributed by atoms with E-state index >= 15 is 0 Å². The van der Waals surface area contributed by atoms with Crippen molar-refractivity contribution < 1.29 is 19.4 Å². The number of para-hydroxylation sites is 2. The van der Waals surface area contributed by atoms with Crippen LogP contribution >= 0.6 is 11.8 Å². The van der Waals surface area contributed by atoms with Crippen LogP contribution in [0.4, 0.5) is 5.69 Å². The average Bonchev–Trinajstić information content (AvgIpc) is 3.08. The van der Waals surface area contributed by atoms with Gasteiger partial charge in [-0.05, 0) is 19.1 Å². The Morgan fingerprint density at radius 2 is 2.14 bits per heavy atom. The number of thioether (sulfide) groups is 1. The number of carbonyl (C=O) groups is 2. The monoisotopic (exact) mass is 404 g/mol. The van der Waals surface area contributed by atoms with Crippen molar-refractivity contribution in [2.75, 3.05) is 24.2 Å². The fourth-order valence-electron chi connectivity index (χ4n) is 2.36. The van der Waals surface area contributed by atoms with E-state index < -0.39 is 0 Å². The lowest BCUT2D eigenvalue weighted by atomic mass is 10.3. The number of imidazole rings is 1. The molecule has 1 aromatic carbocycles. The number of ether oxygens (including phenoxy) is 1. The third kappa shape index (κ3) is 6.14. The van der Waals surface area contributed by atoms with E-state index in [1.807, 2.05) is 19.1 Å². The highest BCUT2D eigenvalue weighted by Crippen LogP contribution is 2.25. The lowest BCUT2D eigenvalue weighted by Crippen LogP contribution is -2.28. The number of nitrogens with zero attached hydrogens (tertiary/aromatic N) is 2. The second-order valence-corrected chi connectivity index (χ2v) is 6.58. The first-order chi connectivity index (χ1) is 13.6. The van der Waals surface area contributed by atoms with Crippen molar-refractivity contribution in [3.63, 3.8) is 0 Å². The molecule has 3 N–H and O–H groups in total. The summed E-state index contributed by atoms with van der Waals surface area (Å²) in [7, 11) is 0. The van der Waals surface area contributed by atoms with Gasteiger partial charge in [-0.3, -0.25) is 9.59 Å². The van der Waals surface area contributed by atoms with Crippen LogP contribution in [-0.2, 0) is 22.7 Å². The number of aliphatic hydroxyl groups is 1. The Balaban J connectivity index is 2.00. The molecule has 0 unspecified atom stereocenters. The van der Waals surface area contributed by atoms with E-state index in [1.165, 1.54) is 18.0 Å². The summed E-state index contributed by atoms with van der Waals surface area (Å²) in [4.78, 5) is 28.5. The smallest absolute Gasteiger partial charge is 0.240 e. The van der Waals surface area contributed by atoms with E-state index in [4.69, 9.17) is 4.74 Å². The van der Waals surface area contributed by atoms with Gasteiger partial charge in [-0.15, -0.1) is 6.58 Å². The Kier molecular flexibility index (Phi) is 8.57. The Bertz CT molecular complexity index is 822. The SMILES string of the molecule is C=CCNC(=O)Cn1c(CO)cnc1SCC(=O)Nc1ccccc1OCC. The van der Waals surface area contributed by atoms with Gasteiger partial charge in [0.15, 0.2) is 5.16 Å². The van der Waals surface area contributed by atoms with Crippen molar-refractivity contribution >= 4 is 29.3 Å². The van der Waals surface area contributed by atoms with Gasteiger partial charge >= 0.3 is 0 Å². The van der Waals surface area contributed by atoms with Gasteiger partial charge in [0.25, 0.3) is 0 Å². The summed E-state index contributed by atoms with van der Waals surface area (Å²) in [6.45, 7) is 6.02. The lowest BCUT2D eigenvalue weighted by molar-refractivity contribution is -0.121. The minimum Gasteiger partial charge on any atom is -0.492 e. The Morgan fingerprint density at radius 1 is 1.36 bits per heavy atom. The van der Waals surface area contributed by atoms with Crippen LogP contribution in [0.2, 0.25) is 0 Å². The zero-order valence-corrected chi connectivity index (χ0v) is 16.5. The van der Waals surface area contributed by atoms with Crippen LogP contribution in [0.25, 0.3) is 0 Å². The maximum atomic E-state index is 12.3. The first-order valence-corrected chi connectivity index (χ1v) is 9.74. The molecule has 2 rings (SSSR count). The summed E-state index contributed by atoms with van der Waals surface area (Å²) in [5.41, 5.74) is 1.09. The maximum absolute atomic E-state index is 12.3. The summed E-state index contributed by atoms with van der Waals surface area (Å²) in [6.07, 6.45) is 3.07. The molecule has 1 heterocycles. The van der Waals surface area contributed by atoms with E-state index in [1.54, 1.807) is 22.8 Å². The zero-order chi connectivity index (χ0) is 20.4. The zero-order valence-electron chi connectivity index (χ0n) is 15.7. The highest BCUT2D eigenvalue weighted by molar-refractivity contribution is 7.99. The molecule has 0 saturated heterocycles. The van der Waals surface area contributed by atoms with Gasteiger partial charge in [-0.2, -0.15) is 0 Å². The largest absolute Gasteiger partial charge is 0.492 e. The van der Waals surface area contributed by atoms with Gasteiger partial charge in [0.05, 0.1) is 36.5 Å². The molecule has 8 nitrogen and oxygen atoms in total. The van der Waals surface area contributed by atoms with Crippen molar-refractivity contribution in [1.82, 2.24) is 14.9 Å². The topological polar surface area (TPSA) is 105 Å². The Hall–Kier alpha value is -2.78. The highest BCUT2D eigenvalue weighted by Gasteiger charge is 2.15. The van der Waals surface area contributed by atoms with Gasteiger partial charge in [0.1, 0.15) is 12.3 Å². The Morgan fingerprint density at radius 3 is 2.86 bits per heavy atom. The lowest BCUT2D eigenvalue weighted by Gasteiger charge is -2.12. The molecule has 2 amide bonds. The van der Waals surface area contributed by atoms with Crippen LogP contribution < -0.4 is 15.4 Å². The number of anilines is 1. The van der Waals surface area contributed by atoms with Crippen molar-refractivity contribution in [2.45, 2.75) is 25.2 Å². The molecular weight excluding hydrogens is 380 g/mol. The van der Waals surface area contributed by atoms with Crippen molar-refractivity contribution in [1.29, 1.82) is 0 Å². The van der Waals surface area contributed by atoms with Crippen LogP contribution in [0, 0.1) is 0 Å². The number of aliphatic hydroxyl groups excluding tert-OH is 1. The number of carbonyl (C=O) groups excluding carboxylic acids is 2. The van der Waals surface area contributed by atoms with E-state index in [9.17, 15) is 14.7 Å². The summed E-state index contributed by atoms with van der Waals surface area (Å²) in [6, 6.07) is 7.20. The second kappa shape index (κ2) is 11.2. The molecule has 150 valence electrons. The third-order valence-corrected chi connectivity index (χ3v) is 4.59. The molecular formula is C19H24N4O4S. The van der Waals surface area contributed by atoms with Crippen LogP contribution in [0.15, 0.2) is 48.3 Å². The second-order valence-electron chi connectivity index (χ2n) is 5.64. The quantitative estimate of drug-likeness (QED) is 0.390. The minimum atomic E-state index is -0.254. The highest BCUT2D eigenvalue weighted by atomic mass is 32.2. The molecule has 0 atom stereocenters. The number of rotatable bonds is 11. The molecule has 0 aliphatic carbocycles. The van der Waals surface area contributed by atoms with Gasteiger partial charge < -0.3 is 25.0 Å². The van der Waals surface area contributed by atoms with Crippen LogP contribution in [0.5, 0.6) is 5.75 Å². The standard InChI is InChI=1S/C19H24N4O4S/c1-3-9-20-17(25)11-23-14(12-24)10-21-19(23)28-13-18(26)22-15-7-5-6-8-16(15)27-4-2/h3,5-8,10,24H,1,4,9,11-13H2,2H3,(H,20,25)(H,22,26). The van der Waals surface area contributed by atoms with Crippen molar-refractivity contribution in [3.8, 4) is 5.75 Å². The maximum Gasteiger partial charge on any atom is 0.240 e. The van der Waals surface area contributed by atoms with Gasteiger partial charge in [0.2, 0.25) is 11.8 Å². The molecule has 28 heavy (non-hydrogen) atoms. The normalized spacial score (nSPS) is 10.4. The molecule has 1 aromatic heterocycles. The molecule has 9 heteroatoms. The number of benzene rings is 1. The minimum absolute atomic E-state index is 0.000852. The molecule has 2 aromatic rings. The van der Waals surface area contributed by atoms with E-state index in [0.29, 0.717) is 35.4 Å². The van der Waals surface area contributed by atoms with Gasteiger partial charge in [-0.25, -0.2) is 4.98 Å². The molecule has 0 radical (unpaired) electrons. The Labute approximate surface area is 168 Å². The molecule has 0 fully saturated rings. The van der Waals surface area contributed by atoms with Crippen LogP contribution in [-0.4, -0.2) is 45.4 Å². The number of amides is 2. The fraction of sp³-hybridized carbons (Fsp3) is 0.316. The summed E-state index contributed by atoms with van der Waals surface area (Å²) >= 11 is 1.18. The van der Waals surface area contributed by atoms with Crippen molar-refractivity contribution in [2.24, 2.45) is 0 Å². The first-order valence-electron chi connectivity index (χ1n) is 8.76. The van der Waals surface area contributed by atoms with Crippen molar-refractivity contribution in [3.05, 3.63) is 48.8 Å². The number of aromatic nitrogens is 2. The number of hydrogen-bond acceptors (Lipinski definition) is 6. The predicted molar refractivity (Wildman–Crippen MR) is 108 cm³/mol. The van der Waals surface area contributed by atoms with Crippen LogP contribution in [0.3, 0.4) is 0 Å². The number of hydrogen-bond donors (Lipinski definition) is 3. The van der Waals surface area contributed by atoms with Crippen LogP contribution in [0.1, 0.15) is 12.6 Å². The van der Waals surface area contributed by atoms with E-state index in [0.717, 1.165) is 0 Å². The van der Waals surface area contributed by atoms with Gasteiger partial charge in [0, 0.05) is 6.54 Å². The molecule has 0 saturated carbocycles. The van der Waals surface area contributed by atoms with Gasteiger partial charge in [-0.1, -0.05) is 30.0 Å². The first kappa shape index (κ1) is 21.5. The number of nitrogens with one attached hydrogen (secondary N) is 2. The molecule has 0 bridgehead atoms. The third-order valence-electron chi connectivity index (χ3n) is 3.60. The predicted octanol–water partition coefficient (Wildman–Crippen LogP) is 1.81. The fourth-order valence-corrected chi connectivity index (χ4v) is 3.15. The summed E-state index contributed by atoms with van der Waals surface area (Å²) < 4.78 is 7.08. The molecule has 0 spiro atoms.